The first kappa shape index (κ1) is 33.4. The number of carbonyl (C=O) groups is 2. The molecule has 0 spiro atoms. The maximum Gasteiger partial charge on any atom is 0.305 e. The lowest BCUT2D eigenvalue weighted by Crippen LogP contribution is -2.34. The maximum absolute atomic E-state index is 15.0. The molecule has 3 fully saturated rings. The van der Waals surface area contributed by atoms with Crippen LogP contribution in [-0.2, 0) is 33.3 Å². The molecule has 3 aliphatic rings. The fourth-order valence-corrected chi connectivity index (χ4v) is 6.36. The van der Waals surface area contributed by atoms with E-state index >= 15 is 4.39 Å². The molecule has 0 amide bonds. The van der Waals surface area contributed by atoms with Crippen LogP contribution in [0.4, 0.5) is 4.39 Å². The number of ketones is 1. The topological polar surface area (TPSA) is 101 Å². The van der Waals surface area contributed by atoms with E-state index in [9.17, 15) is 14.7 Å². The zero-order valence-corrected chi connectivity index (χ0v) is 24.7. The predicted molar refractivity (Wildman–Crippen MR) is 148 cm³/mol. The highest BCUT2D eigenvalue weighted by molar-refractivity contribution is 5.83. The molecule has 2 aliphatic heterocycles. The lowest BCUT2D eigenvalue weighted by atomic mass is 9.83. The van der Waals surface area contributed by atoms with Crippen LogP contribution in [0.3, 0.4) is 0 Å². The average Bonchev–Trinajstić information content (AvgIpc) is 3.27. The molecular formula is C31H53FO8. The number of hydrogen-bond donors (Lipinski definition) is 1. The second-order valence-corrected chi connectivity index (χ2v) is 11.8. The van der Waals surface area contributed by atoms with E-state index in [1.807, 2.05) is 0 Å². The van der Waals surface area contributed by atoms with E-state index in [2.05, 4.69) is 11.7 Å². The number of aliphatic hydroxyl groups is 1. The highest BCUT2D eigenvalue weighted by Gasteiger charge is 2.47. The molecule has 8 atom stereocenters. The quantitative estimate of drug-likeness (QED) is 0.162. The number of hydrogen-bond acceptors (Lipinski definition) is 8. The highest BCUT2D eigenvalue weighted by Crippen LogP contribution is 2.44. The average molecular weight is 573 g/mol. The Morgan fingerprint density at radius 1 is 0.900 bits per heavy atom. The van der Waals surface area contributed by atoms with Gasteiger partial charge in [0, 0.05) is 32.5 Å². The predicted octanol–water partition coefficient (Wildman–Crippen LogP) is 5.81. The minimum Gasteiger partial charge on any atom is -0.469 e. The molecule has 2 saturated heterocycles. The van der Waals surface area contributed by atoms with Crippen molar-refractivity contribution in [3.63, 3.8) is 0 Å². The molecule has 0 radical (unpaired) electrons. The first-order valence-electron chi connectivity index (χ1n) is 15.9. The molecule has 1 N–H and O–H groups in total. The maximum atomic E-state index is 15.0. The summed E-state index contributed by atoms with van der Waals surface area (Å²) >= 11 is 0. The summed E-state index contributed by atoms with van der Waals surface area (Å²) in [6, 6.07) is 0. The number of alkyl halides is 1. The van der Waals surface area contributed by atoms with Gasteiger partial charge in [-0.1, -0.05) is 26.2 Å². The lowest BCUT2D eigenvalue weighted by molar-refractivity contribution is -0.204. The summed E-state index contributed by atoms with van der Waals surface area (Å²) in [5, 5.41) is 10.7. The number of halogens is 1. The van der Waals surface area contributed by atoms with Crippen molar-refractivity contribution in [2.45, 2.75) is 153 Å². The van der Waals surface area contributed by atoms with Crippen LogP contribution in [0, 0.1) is 11.8 Å². The largest absolute Gasteiger partial charge is 0.469 e. The molecule has 0 aromatic heterocycles. The summed E-state index contributed by atoms with van der Waals surface area (Å²) in [6.07, 6.45) is 8.75. The van der Waals surface area contributed by atoms with Gasteiger partial charge in [-0.05, 0) is 82.5 Å². The monoisotopic (exact) mass is 572 g/mol. The van der Waals surface area contributed by atoms with Crippen molar-refractivity contribution in [1.82, 2.24) is 0 Å². The van der Waals surface area contributed by atoms with E-state index in [1.54, 1.807) is 0 Å². The van der Waals surface area contributed by atoms with Crippen LogP contribution in [0.25, 0.3) is 0 Å². The normalized spacial score (nSPS) is 30.6. The van der Waals surface area contributed by atoms with Gasteiger partial charge in [0.2, 0.25) is 0 Å². The van der Waals surface area contributed by atoms with Gasteiger partial charge in [0.1, 0.15) is 0 Å². The van der Waals surface area contributed by atoms with E-state index in [-0.39, 0.29) is 62.3 Å². The number of methoxy groups -OCH3 is 1. The van der Waals surface area contributed by atoms with Gasteiger partial charge in [-0.25, -0.2) is 4.39 Å². The van der Waals surface area contributed by atoms with E-state index in [0.717, 1.165) is 64.2 Å². The van der Waals surface area contributed by atoms with Crippen LogP contribution in [0.1, 0.15) is 116 Å². The van der Waals surface area contributed by atoms with Gasteiger partial charge in [0.25, 0.3) is 0 Å². The molecule has 0 aromatic carbocycles. The molecule has 232 valence electrons. The third-order valence-corrected chi connectivity index (χ3v) is 8.73. The number of carbonyl (C=O) groups excluding carboxylic acids is 2. The SMILES string of the molecule is CCCCCC(O)CC[C@@H]1[C@@H](CC(=O)C(F)CCCC(=O)OC)[C@@H](OC2CCCCO2)C[C@H]1OC1CCCCO1. The Bertz CT molecular complexity index is 724. The van der Waals surface area contributed by atoms with Crippen molar-refractivity contribution < 1.29 is 42.8 Å². The number of esters is 1. The molecule has 8 nitrogen and oxygen atoms in total. The second-order valence-electron chi connectivity index (χ2n) is 11.8. The van der Waals surface area contributed by atoms with Crippen molar-refractivity contribution in [2.75, 3.05) is 20.3 Å². The van der Waals surface area contributed by atoms with Crippen LogP contribution in [0.2, 0.25) is 0 Å². The highest BCUT2D eigenvalue weighted by atomic mass is 19.1. The first-order valence-corrected chi connectivity index (χ1v) is 15.9. The fraction of sp³-hybridized carbons (Fsp3) is 0.935. The first-order chi connectivity index (χ1) is 19.4. The Labute approximate surface area is 240 Å². The number of Topliss-reactive ketones (excluding diaryl/α,β-unsaturated/α-hetero) is 1. The van der Waals surface area contributed by atoms with Crippen LogP contribution in [0.15, 0.2) is 0 Å². The second kappa shape index (κ2) is 18.4. The molecule has 0 bridgehead atoms. The molecule has 1 saturated carbocycles. The number of ether oxygens (including phenoxy) is 5. The minimum absolute atomic E-state index is 0.00539. The standard InChI is InChI=1S/C31H53FO8/c1-3-4-5-11-22(33)16-17-23-24(20-26(34)25(32)12-10-13-29(35)36-2)28(40-31-15-7-9-19-38-31)21-27(23)39-30-14-6-8-18-37-30/h22-25,27-28,30-31,33H,3-21H2,1-2H3/t22?,23-,24-,25?,27-,28+,30?,31?/m1/s1. The molecule has 1 aliphatic carbocycles. The van der Waals surface area contributed by atoms with Crippen LogP contribution in [0.5, 0.6) is 0 Å². The van der Waals surface area contributed by atoms with Crippen molar-refractivity contribution in [3.05, 3.63) is 0 Å². The van der Waals surface area contributed by atoms with E-state index in [0.29, 0.717) is 32.5 Å². The summed E-state index contributed by atoms with van der Waals surface area (Å²) in [6.45, 7) is 3.47. The summed E-state index contributed by atoms with van der Waals surface area (Å²) in [4.78, 5) is 24.6. The third-order valence-electron chi connectivity index (χ3n) is 8.73. The van der Waals surface area contributed by atoms with Crippen molar-refractivity contribution in [2.24, 2.45) is 11.8 Å². The minimum atomic E-state index is -1.64. The summed E-state index contributed by atoms with van der Waals surface area (Å²) in [7, 11) is 1.30. The third kappa shape index (κ3) is 11.3. The Morgan fingerprint density at radius 2 is 1.55 bits per heavy atom. The number of unbranched alkanes of at least 4 members (excludes halogenated alkanes) is 2. The molecule has 40 heavy (non-hydrogen) atoms. The summed E-state index contributed by atoms with van der Waals surface area (Å²) in [5.74, 6) is -1.17. The van der Waals surface area contributed by atoms with E-state index < -0.39 is 24.0 Å². The van der Waals surface area contributed by atoms with Crippen LogP contribution in [-0.4, -0.2) is 74.2 Å². The Kier molecular flexibility index (Phi) is 15.4. The van der Waals surface area contributed by atoms with E-state index in [1.165, 1.54) is 7.11 Å². The molecule has 9 heteroatoms. The van der Waals surface area contributed by atoms with Gasteiger partial charge in [0.05, 0.1) is 25.4 Å². The Hall–Kier alpha value is -1.13. The summed E-state index contributed by atoms with van der Waals surface area (Å²) < 4.78 is 44.4. The Balaban J connectivity index is 1.71. The molecule has 2 heterocycles. The molecule has 3 rings (SSSR count). The van der Waals surface area contributed by atoms with Crippen molar-refractivity contribution in [1.29, 1.82) is 0 Å². The molecule has 4 unspecified atom stereocenters. The number of aliphatic hydroxyl groups excluding tert-OH is 1. The van der Waals surface area contributed by atoms with Gasteiger partial charge < -0.3 is 28.8 Å². The zero-order chi connectivity index (χ0) is 28.7. The molecular weight excluding hydrogens is 519 g/mol. The fourth-order valence-electron chi connectivity index (χ4n) is 6.36. The smallest absolute Gasteiger partial charge is 0.305 e. The van der Waals surface area contributed by atoms with Gasteiger partial charge in [-0.3, -0.25) is 9.59 Å². The zero-order valence-electron chi connectivity index (χ0n) is 24.7. The molecule has 0 aromatic rings. The Morgan fingerprint density at radius 3 is 2.12 bits per heavy atom. The number of rotatable bonds is 18. The van der Waals surface area contributed by atoms with Crippen molar-refractivity contribution >= 4 is 11.8 Å². The lowest BCUT2D eigenvalue weighted by Gasteiger charge is -2.32. The van der Waals surface area contributed by atoms with Crippen LogP contribution < -0.4 is 0 Å². The van der Waals surface area contributed by atoms with Gasteiger partial charge in [-0.15, -0.1) is 0 Å². The van der Waals surface area contributed by atoms with E-state index in [4.69, 9.17) is 18.9 Å². The van der Waals surface area contributed by atoms with Gasteiger partial charge >= 0.3 is 5.97 Å². The van der Waals surface area contributed by atoms with Gasteiger partial charge in [0.15, 0.2) is 24.5 Å². The summed E-state index contributed by atoms with van der Waals surface area (Å²) in [5.41, 5.74) is 0. The van der Waals surface area contributed by atoms with Crippen molar-refractivity contribution in [3.8, 4) is 0 Å². The van der Waals surface area contributed by atoms with Crippen LogP contribution >= 0.6 is 0 Å². The van der Waals surface area contributed by atoms with Gasteiger partial charge in [-0.2, -0.15) is 0 Å².